The van der Waals surface area contributed by atoms with Gasteiger partial charge in [0.05, 0.1) is 28.9 Å². The van der Waals surface area contributed by atoms with Gasteiger partial charge in [0, 0.05) is 23.7 Å². The van der Waals surface area contributed by atoms with Crippen molar-refractivity contribution in [3.8, 4) is 22.4 Å². The summed E-state index contributed by atoms with van der Waals surface area (Å²) in [6.07, 6.45) is 9.61. The van der Waals surface area contributed by atoms with E-state index in [1.54, 1.807) is 17.4 Å². The SMILES string of the molecule is CC(C)Oc1ccc(-c2ncc(C3=CC=CC4C3CC[C@@H]4NS(=O)(=O)CCO)s2)cc1C#N. The molecule has 33 heavy (non-hydrogen) atoms. The van der Waals surface area contributed by atoms with Crippen LogP contribution in [0.4, 0.5) is 0 Å². The Kier molecular flexibility index (Phi) is 7.00. The van der Waals surface area contributed by atoms with Crippen molar-refractivity contribution in [3.05, 3.63) is 53.1 Å². The fourth-order valence-corrected chi connectivity index (χ4v) is 6.62. The highest BCUT2D eigenvalue weighted by Gasteiger charge is 2.40. The number of benzene rings is 1. The topological polar surface area (TPSA) is 112 Å². The highest BCUT2D eigenvalue weighted by atomic mass is 32.2. The third-order valence-corrected chi connectivity index (χ3v) is 8.39. The molecule has 174 valence electrons. The minimum atomic E-state index is -3.50. The Bertz CT molecular complexity index is 1220. The minimum Gasteiger partial charge on any atom is -0.490 e. The summed E-state index contributed by atoms with van der Waals surface area (Å²) in [6, 6.07) is 7.56. The standard InChI is InChI=1S/C24H27N3O4S2/c1-15(2)31-22-9-6-16(12-17(22)13-25)24-26-14-23(32-24)20-5-3-4-19-18(20)7-8-21(19)27-33(29,30)11-10-28/h3-6,9,12,14-15,18-19,21,27-28H,7-8,10-11H2,1-2H3/t18?,19?,21-/m0/s1. The van der Waals surface area contributed by atoms with Crippen molar-refractivity contribution >= 4 is 26.9 Å². The van der Waals surface area contributed by atoms with Crippen LogP contribution in [0.25, 0.3) is 16.1 Å². The van der Waals surface area contributed by atoms with Gasteiger partial charge in [0.25, 0.3) is 0 Å². The van der Waals surface area contributed by atoms with E-state index < -0.39 is 16.6 Å². The minimum absolute atomic E-state index is 0.0167. The lowest BCUT2D eigenvalue weighted by atomic mass is 9.83. The number of allylic oxidation sites excluding steroid dienone is 3. The van der Waals surface area contributed by atoms with Crippen molar-refractivity contribution in [1.82, 2.24) is 9.71 Å². The Balaban J connectivity index is 1.54. The maximum absolute atomic E-state index is 12.2. The third-order valence-electron chi connectivity index (χ3n) is 5.92. The molecule has 2 aliphatic rings. The number of aromatic nitrogens is 1. The lowest BCUT2D eigenvalue weighted by Crippen LogP contribution is -2.40. The molecular weight excluding hydrogens is 458 g/mol. The molecule has 3 atom stereocenters. The van der Waals surface area contributed by atoms with E-state index in [2.05, 4.69) is 27.9 Å². The summed E-state index contributed by atoms with van der Waals surface area (Å²) < 4.78 is 32.8. The molecule has 2 aromatic rings. The molecule has 1 fully saturated rings. The molecule has 0 bridgehead atoms. The molecule has 9 heteroatoms. The van der Waals surface area contributed by atoms with Crippen LogP contribution in [-0.2, 0) is 10.0 Å². The highest BCUT2D eigenvalue weighted by Crippen LogP contribution is 2.46. The molecular formula is C24H27N3O4S2. The Morgan fingerprint density at radius 3 is 2.91 bits per heavy atom. The van der Waals surface area contributed by atoms with E-state index in [9.17, 15) is 13.7 Å². The maximum atomic E-state index is 12.2. The second kappa shape index (κ2) is 9.77. The summed E-state index contributed by atoms with van der Waals surface area (Å²) >= 11 is 1.57. The van der Waals surface area contributed by atoms with Crippen LogP contribution in [0.1, 0.15) is 37.1 Å². The lowest BCUT2D eigenvalue weighted by molar-refractivity contribution is 0.242. The number of nitrogens with one attached hydrogen (secondary N) is 1. The zero-order chi connectivity index (χ0) is 23.6. The Hall–Kier alpha value is -2.51. The van der Waals surface area contributed by atoms with Crippen LogP contribution in [-0.4, -0.2) is 43.0 Å². The van der Waals surface area contributed by atoms with Crippen LogP contribution in [0.3, 0.4) is 0 Å². The Morgan fingerprint density at radius 2 is 2.18 bits per heavy atom. The van der Waals surface area contributed by atoms with E-state index >= 15 is 0 Å². The molecule has 1 aromatic carbocycles. The normalized spacial score (nSPS) is 22.2. The van der Waals surface area contributed by atoms with Gasteiger partial charge >= 0.3 is 0 Å². The van der Waals surface area contributed by atoms with Gasteiger partial charge in [0.15, 0.2) is 0 Å². The van der Waals surface area contributed by atoms with Gasteiger partial charge in [-0.25, -0.2) is 18.1 Å². The van der Waals surface area contributed by atoms with Gasteiger partial charge in [-0.3, -0.25) is 0 Å². The number of sulfonamides is 1. The first-order valence-electron chi connectivity index (χ1n) is 11.0. The number of nitrogens with zero attached hydrogens (tertiary/aromatic N) is 2. The van der Waals surface area contributed by atoms with Gasteiger partial charge in [0.1, 0.15) is 16.8 Å². The summed E-state index contributed by atoms with van der Waals surface area (Å²) in [6.45, 7) is 3.46. The van der Waals surface area contributed by atoms with Crippen molar-refractivity contribution in [3.63, 3.8) is 0 Å². The third kappa shape index (κ3) is 5.20. The van der Waals surface area contributed by atoms with E-state index in [1.807, 2.05) is 38.3 Å². The van der Waals surface area contributed by atoms with Gasteiger partial charge in [0.2, 0.25) is 10.0 Å². The van der Waals surface area contributed by atoms with Gasteiger partial charge in [-0.05, 0) is 56.4 Å². The van der Waals surface area contributed by atoms with Gasteiger partial charge < -0.3 is 9.84 Å². The number of fused-ring (bicyclic) bond motifs is 1. The van der Waals surface area contributed by atoms with Crippen molar-refractivity contribution in [2.75, 3.05) is 12.4 Å². The highest BCUT2D eigenvalue weighted by molar-refractivity contribution is 7.89. The molecule has 1 saturated carbocycles. The lowest BCUT2D eigenvalue weighted by Gasteiger charge is -2.26. The van der Waals surface area contributed by atoms with E-state index in [1.165, 1.54) is 0 Å². The fraction of sp³-hybridized carbons (Fsp3) is 0.417. The van der Waals surface area contributed by atoms with Crippen LogP contribution in [0, 0.1) is 23.2 Å². The number of thiazole rings is 1. The van der Waals surface area contributed by atoms with E-state index in [0.717, 1.165) is 33.9 Å². The summed E-state index contributed by atoms with van der Waals surface area (Å²) in [5, 5.41) is 19.4. The zero-order valence-corrected chi connectivity index (χ0v) is 20.2. The quantitative estimate of drug-likeness (QED) is 0.589. The van der Waals surface area contributed by atoms with E-state index in [0.29, 0.717) is 11.3 Å². The van der Waals surface area contributed by atoms with Crippen LogP contribution in [0.5, 0.6) is 5.75 Å². The molecule has 0 aliphatic heterocycles. The van der Waals surface area contributed by atoms with Crippen molar-refractivity contribution in [1.29, 1.82) is 5.26 Å². The van der Waals surface area contributed by atoms with Gasteiger partial charge in [-0.15, -0.1) is 11.3 Å². The first-order valence-corrected chi connectivity index (χ1v) is 13.4. The van der Waals surface area contributed by atoms with Crippen LogP contribution >= 0.6 is 11.3 Å². The molecule has 0 spiro atoms. The van der Waals surface area contributed by atoms with E-state index in [-0.39, 0.29) is 29.7 Å². The number of nitriles is 1. The summed E-state index contributed by atoms with van der Waals surface area (Å²) in [7, 11) is -3.50. The summed E-state index contributed by atoms with van der Waals surface area (Å²) in [5.74, 6) is 0.567. The summed E-state index contributed by atoms with van der Waals surface area (Å²) in [5.41, 5.74) is 2.51. The Labute approximate surface area is 198 Å². The van der Waals surface area contributed by atoms with Crippen LogP contribution in [0.2, 0.25) is 0 Å². The largest absolute Gasteiger partial charge is 0.490 e. The van der Waals surface area contributed by atoms with Gasteiger partial charge in [-0.2, -0.15) is 5.26 Å². The predicted molar refractivity (Wildman–Crippen MR) is 129 cm³/mol. The average molecular weight is 486 g/mol. The molecule has 1 aromatic heterocycles. The smallest absolute Gasteiger partial charge is 0.214 e. The molecule has 2 unspecified atom stereocenters. The molecule has 0 radical (unpaired) electrons. The molecule has 4 rings (SSSR count). The van der Waals surface area contributed by atoms with Crippen molar-refractivity contribution in [2.24, 2.45) is 11.8 Å². The van der Waals surface area contributed by atoms with E-state index in [4.69, 9.17) is 9.84 Å². The number of hydrogen-bond acceptors (Lipinski definition) is 7. The molecule has 7 nitrogen and oxygen atoms in total. The van der Waals surface area contributed by atoms with Crippen molar-refractivity contribution < 1.29 is 18.3 Å². The molecule has 1 heterocycles. The maximum Gasteiger partial charge on any atom is 0.214 e. The molecule has 2 N–H and O–H groups in total. The Morgan fingerprint density at radius 1 is 1.36 bits per heavy atom. The first-order chi connectivity index (χ1) is 15.8. The zero-order valence-electron chi connectivity index (χ0n) is 18.6. The van der Waals surface area contributed by atoms with Gasteiger partial charge in [-0.1, -0.05) is 18.2 Å². The number of aliphatic hydroxyl groups excluding tert-OH is 1. The monoisotopic (exact) mass is 485 g/mol. The second-order valence-electron chi connectivity index (χ2n) is 8.55. The predicted octanol–water partition coefficient (Wildman–Crippen LogP) is 3.73. The molecule has 2 aliphatic carbocycles. The van der Waals surface area contributed by atoms with Crippen LogP contribution in [0.15, 0.2) is 42.6 Å². The van der Waals surface area contributed by atoms with Crippen LogP contribution < -0.4 is 9.46 Å². The number of ether oxygens (including phenoxy) is 1. The second-order valence-corrected chi connectivity index (χ2v) is 11.5. The fourth-order valence-electron chi connectivity index (χ4n) is 4.53. The van der Waals surface area contributed by atoms with Crippen molar-refractivity contribution in [2.45, 2.75) is 38.8 Å². The number of hydrogen-bond donors (Lipinski definition) is 2. The summed E-state index contributed by atoms with van der Waals surface area (Å²) in [4.78, 5) is 5.65. The number of rotatable bonds is 8. The number of aliphatic hydroxyl groups is 1. The molecule has 0 saturated heterocycles. The average Bonchev–Trinajstić information content (AvgIpc) is 3.41. The molecule has 0 amide bonds. The first kappa shape index (κ1) is 23.6.